The summed E-state index contributed by atoms with van der Waals surface area (Å²) >= 11 is 7.47. The Morgan fingerprint density at radius 2 is 1.88 bits per heavy atom. The van der Waals surface area contributed by atoms with Gasteiger partial charge in [-0.15, -0.1) is 0 Å². The third-order valence-electron chi connectivity index (χ3n) is 3.88. The van der Waals surface area contributed by atoms with E-state index in [1.165, 1.54) is 11.8 Å². The maximum atomic E-state index is 12.4. The molecule has 0 radical (unpaired) electrons. The summed E-state index contributed by atoms with van der Waals surface area (Å²) in [6.07, 6.45) is 3.79. The van der Waals surface area contributed by atoms with Gasteiger partial charge < -0.3 is 4.42 Å². The SMILES string of the molecule is CSc1nc(-c2cc3ccccc3oc2=O)cn1-c1ccc(Cl)cc1. The van der Waals surface area contributed by atoms with Gasteiger partial charge in [0, 0.05) is 22.3 Å². The summed E-state index contributed by atoms with van der Waals surface area (Å²) in [4.78, 5) is 17.0. The molecule has 0 unspecified atom stereocenters. The minimum absolute atomic E-state index is 0.396. The molecule has 0 bridgehead atoms. The molecule has 4 aromatic rings. The predicted molar refractivity (Wildman–Crippen MR) is 102 cm³/mol. The summed E-state index contributed by atoms with van der Waals surface area (Å²) < 4.78 is 7.36. The molecule has 4 nitrogen and oxygen atoms in total. The highest BCUT2D eigenvalue weighted by atomic mass is 35.5. The summed E-state index contributed by atoms with van der Waals surface area (Å²) in [6, 6.07) is 16.7. The number of nitrogens with zero attached hydrogens (tertiary/aromatic N) is 2. The summed E-state index contributed by atoms with van der Waals surface area (Å²) in [7, 11) is 0. The zero-order valence-electron chi connectivity index (χ0n) is 13.3. The largest absolute Gasteiger partial charge is 0.422 e. The van der Waals surface area contributed by atoms with E-state index in [0.29, 0.717) is 21.9 Å². The van der Waals surface area contributed by atoms with Crippen molar-refractivity contribution in [1.82, 2.24) is 9.55 Å². The summed E-state index contributed by atoms with van der Waals surface area (Å²) in [5, 5.41) is 2.32. The second-order valence-corrected chi connectivity index (χ2v) is 6.65. The van der Waals surface area contributed by atoms with Crippen molar-refractivity contribution in [1.29, 1.82) is 0 Å². The van der Waals surface area contributed by atoms with Gasteiger partial charge in [-0.05, 0) is 42.7 Å². The molecular weight excluding hydrogens is 356 g/mol. The van der Waals surface area contributed by atoms with Gasteiger partial charge in [0.25, 0.3) is 0 Å². The molecule has 0 saturated carbocycles. The zero-order chi connectivity index (χ0) is 17.4. The van der Waals surface area contributed by atoms with Crippen LogP contribution in [0.1, 0.15) is 0 Å². The minimum atomic E-state index is -0.396. The van der Waals surface area contributed by atoms with Crippen LogP contribution in [0, 0.1) is 0 Å². The molecule has 0 amide bonds. The molecule has 0 aliphatic carbocycles. The van der Waals surface area contributed by atoms with Gasteiger partial charge in [0.15, 0.2) is 5.16 Å². The molecule has 0 saturated heterocycles. The number of rotatable bonds is 3. The standard InChI is InChI=1S/C19H13ClN2O2S/c1-25-19-21-16(11-22(19)14-8-6-13(20)7-9-14)15-10-12-4-2-3-5-17(12)24-18(15)23/h2-11H,1H3. The van der Waals surface area contributed by atoms with Crippen molar-refractivity contribution in [2.24, 2.45) is 0 Å². The van der Waals surface area contributed by atoms with Crippen LogP contribution in [0.15, 0.2) is 75.2 Å². The normalized spacial score (nSPS) is 11.1. The molecule has 2 heterocycles. The van der Waals surface area contributed by atoms with E-state index in [0.717, 1.165) is 16.2 Å². The van der Waals surface area contributed by atoms with E-state index in [2.05, 4.69) is 4.98 Å². The molecule has 2 aromatic heterocycles. The molecule has 0 fully saturated rings. The van der Waals surface area contributed by atoms with Gasteiger partial charge in [-0.3, -0.25) is 4.57 Å². The fourth-order valence-corrected chi connectivity index (χ4v) is 3.33. The Morgan fingerprint density at radius 3 is 2.64 bits per heavy atom. The van der Waals surface area contributed by atoms with Crippen LogP contribution >= 0.6 is 23.4 Å². The van der Waals surface area contributed by atoms with Gasteiger partial charge in [-0.1, -0.05) is 41.6 Å². The van der Waals surface area contributed by atoms with Crippen LogP contribution in [0.2, 0.25) is 5.02 Å². The fourth-order valence-electron chi connectivity index (χ4n) is 2.66. The number of thioether (sulfide) groups is 1. The number of fused-ring (bicyclic) bond motifs is 1. The molecular formula is C19H13ClN2O2S. The third kappa shape index (κ3) is 2.97. The van der Waals surface area contributed by atoms with Crippen LogP contribution in [-0.2, 0) is 0 Å². The van der Waals surface area contributed by atoms with Crippen LogP contribution in [-0.4, -0.2) is 15.8 Å². The first-order valence-electron chi connectivity index (χ1n) is 7.58. The van der Waals surface area contributed by atoms with Crippen molar-refractivity contribution in [3.63, 3.8) is 0 Å². The van der Waals surface area contributed by atoms with Gasteiger partial charge in [0.1, 0.15) is 5.58 Å². The number of aromatic nitrogens is 2. The monoisotopic (exact) mass is 368 g/mol. The van der Waals surface area contributed by atoms with E-state index in [1.807, 2.05) is 65.6 Å². The Labute approximate surface area is 153 Å². The molecule has 124 valence electrons. The molecule has 0 aliphatic heterocycles. The van der Waals surface area contributed by atoms with Crippen molar-refractivity contribution < 1.29 is 4.42 Å². The second-order valence-electron chi connectivity index (χ2n) is 5.44. The van der Waals surface area contributed by atoms with Crippen molar-refractivity contribution >= 4 is 34.3 Å². The molecule has 25 heavy (non-hydrogen) atoms. The lowest BCUT2D eigenvalue weighted by Crippen LogP contribution is -2.02. The Morgan fingerprint density at radius 1 is 1.12 bits per heavy atom. The van der Waals surface area contributed by atoms with Crippen LogP contribution in [0.4, 0.5) is 0 Å². The van der Waals surface area contributed by atoms with E-state index in [9.17, 15) is 4.79 Å². The van der Waals surface area contributed by atoms with Crippen LogP contribution in [0.25, 0.3) is 27.9 Å². The van der Waals surface area contributed by atoms with Crippen LogP contribution < -0.4 is 5.63 Å². The maximum absolute atomic E-state index is 12.4. The van der Waals surface area contributed by atoms with Gasteiger partial charge >= 0.3 is 5.63 Å². The van der Waals surface area contributed by atoms with Gasteiger partial charge in [0.05, 0.1) is 11.3 Å². The van der Waals surface area contributed by atoms with E-state index >= 15 is 0 Å². The molecule has 0 N–H and O–H groups in total. The first-order chi connectivity index (χ1) is 12.2. The fraction of sp³-hybridized carbons (Fsp3) is 0.0526. The molecule has 0 spiro atoms. The van der Waals surface area contributed by atoms with Gasteiger partial charge in [0.2, 0.25) is 0 Å². The molecule has 0 atom stereocenters. The van der Waals surface area contributed by atoms with Gasteiger partial charge in [-0.2, -0.15) is 0 Å². The first-order valence-corrected chi connectivity index (χ1v) is 9.18. The lowest BCUT2D eigenvalue weighted by Gasteiger charge is -2.05. The highest BCUT2D eigenvalue weighted by molar-refractivity contribution is 7.98. The Balaban J connectivity index is 1.88. The lowest BCUT2D eigenvalue weighted by molar-refractivity contribution is 0.563. The van der Waals surface area contributed by atoms with E-state index in [-0.39, 0.29) is 0 Å². The van der Waals surface area contributed by atoms with E-state index < -0.39 is 5.63 Å². The van der Waals surface area contributed by atoms with Crippen molar-refractivity contribution in [2.45, 2.75) is 5.16 Å². The Bertz CT molecular complexity index is 1120. The number of halogens is 1. The topological polar surface area (TPSA) is 48.0 Å². The van der Waals surface area contributed by atoms with Gasteiger partial charge in [-0.25, -0.2) is 9.78 Å². The number of imidazole rings is 1. The van der Waals surface area contributed by atoms with Crippen LogP contribution in [0.5, 0.6) is 0 Å². The average molecular weight is 369 g/mol. The molecule has 6 heteroatoms. The number of hydrogen-bond donors (Lipinski definition) is 0. The first kappa shape index (κ1) is 16.0. The van der Waals surface area contributed by atoms with Crippen molar-refractivity contribution in [2.75, 3.05) is 6.26 Å². The number of hydrogen-bond acceptors (Lipinski definition) is 4. The van der Waals surface area contributed by atoms with Crippen LogP contribution in [0.3, 0.4) is 0 Å². The summed E-state index contributed by atoms with van der Waals surface area (Å²) in [6.45, 7) is 0. The molecule has 4 rings (SSSR count). The van der Waals surface area contributed by atoms with E-state index in [4.69, 9.17) is 16.0 Å². The zero-order valence-corrected chi connectivity index (χ0v) is 14.8. The average Bonchev–Trinajstić information content (AvgIpc) is 3.06. The van der Waals surface area contributed by atoms with E-state index in [1.54, 1.807) is 6.07 Å². The molecule has 2 aromatic carbocycles. The quantitative estimate of drug-likeness (QED) is 0.376. The Kier molecular flexibility index (Phi) is 4.11. The highest BCUT2D eigenvalue weighted by Crippen LogP contribution is 2.26. The molecule has 0 aliphatic rings. The van der Waals surface area contributed by atoms with Crippen molar-refractivity contribution in [3.05, 3.63) is 76.2 Å². The predicted octanol–water partition coefficient (Wildman–Crippen LogP) is 5.02. The minimum Gasteiger partial charge on any atom is -0.422 e. The number of benzene rings is 2. The smallest absolute Gasteiger partial charge is 0.345 e. The Hall–Kier alpha value is -2.50. The number of para-hydroxylation sites is 1. The summed E-state index contributed by atoms with van der Waals surface area (Å²) in [5.41, 5.74) is 2.13. The third-order valence-corrected chi connectivity index (χ3v) is 4.78. The lowest BCUT2D eigenvalue weighted by atomic mass is 10.1. The second kappa shape index (κ2) is 6.43. The summed E-state index contributed by atoms with van der Waals surface area (Å²) in [5.74, 6) is 0. The highest BCUT2D eigenvalue weighted by Gasteiger charge is 2.15. The van der Waals surface area contributed by atoms with Crippen molar-refractivity contribution in [3.8, 4) is 16.9 Å². The maximum Gasteiger partial charge on any atom is 0.345 e.